The molecule has 106 valence electrons. The van der Waals surface area contributed by atoms with Crippen LogP contribution in [0, 0.1) is 5.41 Å². The molecule has 0 aromatic heterocycles. The highest BCUT2D eigenvalue weighted by molar-refractivity contribution is 6.33. The van der Waals surface area contributed by atoms with E-state index in [4.69, 9.17) is 16.7 Å². The number of nitrogens with one attached hydrogen (secondary N) is 1. The van der Waals surface area contributed by atoms with E-state index < -0.39 is 0 Å². The molecule has 1 aromatic rings. The van der Waals surface area contributed by atoms with E-state index in [9.17, 15) is 9.90 Å². The van der Waals surface area contributed by atoms with Gasteiger partial charge in [-0.3, -0.25) is 4.79 Å². The van der Waals surface area contributed by atoms with Gasteiger partial charge in [-0.15, -0.1) is 0 Å². The highest BCUT2D eigenvalue weighted by Gasteiger charge is 2.26. The van der Waals surface area contributed by atoms with Crippen LogP contribution in [0.3, 0.4) is 0 Å². The van der Waals surface area contributed by atoms with Gasteiger partial charge in [0, 0.05) is 12.6 Å². The minimum absolute atomic E-state index is 0.00398. The quantitative estimate of drug-likeness (QED) is 0.796. The molecule has 0 aliphatic carbocycles. The maximum atomic E-state index is 12.2. The van der Waals surface area contributed by atoms with Crippen LogP contribution in [0.1, 0.15) is 37.6 Å². The Morgan fingerprint density at radius 2 is 2.05 bits per heavy atom. The molecule has 3 N–H and O–H groups in total. The minimum atomic E-state index is -0.353. The summed E-state index contributed by atoms with van der Waals surface area (Å²) in [4.78, 5) is 12.2. The summed E-state index contributed by atoms with van der Waals surface area (Å²) in [6.45, 7) is 5.95. The lowest BCUT2D eigenvalue weighted by atomic mass is 9.84. The van der Waals surface area contributed by atoms with Gasteiger partial charge in [0.15, 0.2) is 0 Å². The predicted molar refractivity (Wildman–Crippen MR) is 75.5 cm³/mol. The molecule has 0 bridgehead atoms. The van der Waals surface area contributed by atoms with E-state index in [1.165, 1.54) is 18.2 Å². The van der Waals surface area contributed by atoms with Gasteiger partial charge >= 0.3 is 0 Å². The Hall–Kier alpha value is -1.26. The van der Waals surface area contributed by atoms with Crippen LogP contribution in [-0.4, -0.2) is 28.8 Å². The first kappa shape index (κ1) is 15.8. The summed E-state index contributed by atoms with van der Waals surface area (Å²) in [5.74, 6) is -0.363. The fraction of sp³-hybridized carbons (Fsp3) is 0.500. The minimum Gasteiger partial charge on any atom is -0.508 e. The van der Waals surface area contributed by atoms with Gasteiger partial charge in [0.05, 0.1) is 10.6 Å². The second-order valence-electron chi connectivity index (χ2n) is 5.57. The number of phenols is 1. The lowest BCUT2D eigenvalue weighted by molar-refractivity contribution is 0.0885. The van der Waals surface area contributed by atoms with E-state index in [1.807, 2.05) is 20.8 Å². The number of phenolic OH excluding ortho intramolecular Hbond substituents is 1. The Morgan fingerprint density at radius 3 is 2.58 bits per heavy atom. The van der Waals surface area contributed by atoms with Crippen molar-refractivity contribution in [3.63, 3.8) is 0 Å². The molecule has 1 unspecified atom stereocenters. The Bertz CT molecular complexity index is 454. The number of hydrogen-bond acceptors (Lipinski definition) is 3. The standard InChI is InChI=1S/C14H20ClNO3/c1-14(2,3)12(6-7-17)16-13(19)10-8-9(18)4-5-11(10)15/h4-5,8,12,17-18H,6-7H2,1-3H3,(H,16,19). The van der Waals surface area contributed by atoms with Crippen molar-refractivity contribution >= 4 is 17.5 Å². The number of aliphatic hydroxyl groups excluding tert-OH is 1. The zero-order valence-electron chi connectivity index (χ0n) is 11.4. The van der Waals surface area contributed by atoms with Crippen molar-refractivity contribution in [1.29, 1.82) is 0 Å². The summed E-state index contributed by atoms with van der Waals surface area (Å²) >= 11 is 5.94. The van der Waals surface area contributed by atoms with E-state index >= 15 is 0 Å². The average molecular weight is 286 g/mol. The largest absolute Gasteiger partial charge is 0.508 e. The van der Waals surface area contributed by atoms with E-state index in [1.54, 1.807) is 0 Å². The van der Waals surface area contributed by atoms with Gasteiger partial charge in [-0.05, 0) is 30.0 Å². The van der Waals surface area contributed by atoms with E-state index in [0.717, 1.165) is 0 Å². The van der Waals surface area contributed by atoms with Crippen molar-refractivity contribution < 1.29 is 15.0 Å². The van der Waals surface area contributed by atoms with Crippen LogP contribution in [0.2, 0.25) is 5.02 Å². The van der Waals surface area contributed by atoms with Gasteiger partial charge in [-0.1, -0.05) is 32.4 Å². The molecule has 1 atom stereocenters. The van der Waals surface area contributed by atoms with Gasteiger partial charge in [0.25, 0.3) is 5.91 Å². The molecule has 1 amide bonds. The summed E-state index contributed by atoms with van der Waals surface area (Å²) in [7, 11) is 0. The summed E-state index contributed by atoms with van der Waals surface area (Å²) in [6, 6.07) is 4.05. The fourth-order valence-electron chi connectivity index (χ4n) is 1.77. The second-order valence-corrected chi connectivity index (χ2v) is 5.98. The molecule has 0 radical (unpaired) electrons. The van der Waals surface area contributed by atoms with Crippen molar-refractivity contribution in [3.05, 3.63) is 28.8 Å². The Morgan fingerprint density at radius 1 is 1.42 bits per heavy atom. The first-order chi connectivity index (χ1) is 8.75. The third-order valence-corrected chi connectivity index (χ3v) is 3.29. The molecule has 1 aromatic carbocycles. The molecule has 0 spiro atoms. The van der Waals surface area contributed by atoms with Gasteiger partial charge in [0.2, 0.25) is 0 Å². The smallest absolute Gasteiger partial charge is 0.253 e. The van der Waals surface area contributed by atoms with Crippen LogP contribution >= 0.6 is 11.6 Å². The number of carbonyl (C=O) groups is 1. The lowest BCUT2D eigenvalue weighted by Crippen LogP contribution is -2.44. The number of hydrogen-bond donors (Lipinski definition) is 3. The molecule has 0 heterocycles. The third kappa shape index (κ3) is 4.40. The van der Waals surface area contributed by atoms with Crippen LogP contribution in [0.5, 0.6) is 5.75 Å². The summed E-state index contributed by atoms with van der Waals surface area (Å²) in [6.07, 6.45) is 0.464. The van der Waals surface area contributed by atoms with E-state index in [-0.39, 0.29) is 40.3 Å². The van der Waals surface area contributed by atoms with Crippen LogP contribution < -0.4 is 5.32 Å². The SMILES string of the molecule is CC(C)(C)C(CCO)NC(=O)c1cc(O)ccc1Cl. The van der Waals surface area contributed by atoms with E-state index in [0.29, 0.717) is 6.42 Å². The summed E-state index contributed by atoms with van der Waals surface area (Å²) in [5.41, 5.74) is 0.0515. The Kier molecular flexibility index (Phi) is 5.20. The number of halogens is 1. The van der Waals surface area contributed by atoms with Gasteiger partial charge in [-0.2, -0.15) is 0 Å². The molecule has 0 fully saturated rings. The van der Waals surface area contributed by atoms with Crippen LogP contribution in [0.4, 0.5) is 0 Å². The van der Waals surface area contributed by atoms with Crippen LogP contribution in [0.15, 0.2) is 18.2 Å². The molecule has 0 saturated heterocycles. The van der Waals surface area contributed by atoms with Crippen molar-refractivity contribution in [3.8, 4) is 5.75 Å². The molecule has 1 rings (SSSR count). The van der Waals surface area contributed by atoms with Crippen LogP contribution in [0.25, 0.3) is 0 Å². The molecule has 0 saturated carbocycles. The number of carbonyl (C=O) groups excluding carboxylic acids is 1. The molecule has 0 aliphatic rings. The Labute approximate surface area is 118 Å². The van der Waals surface area contributed by atoms with Gasteiger partial charge < -0.3 is 15.5 Å². The monoisotopic (exact) mass is 285 g/mol. The Balaban J connectivity index is 2.91. The van der Waals surface area contributed by atoms with Crippen molar-refractivity contribution in [1.82, 2.24) is 5.32 Å². The van der Waals surface area contributed by atoms with Crippen molar-refractivity contribution in [2.24, 2.45) is 5.41 Å². The maximum Gasteiger partial charge on any atom is 0.253 e. The highest BCUT2D eigenvalue weighted by Crippen LogP contribution is 2.24. The molecular formula is C14H20ClNO3. The fourth-order valence-corrected chi connectivity index (χ4v) is 1.98. The van der Waals surface area contributed by atoms with E-state index in [2.05, 4.69) is 5.32 Å². The zero-order valence-corrected chi connectivity index (χ0v) is 12.2. The zero-order chi connectivity index (χ0) is 14.6. The molecule has 5 heteroatoms. The highest BCUT2D eigenvalue weighted by atomic mass is 35.5. The van der Waals surface area contributed by atoms with Crippen LogP contribution in [-0.2, 0) is 0 Å². The number of amides is 1. The molecule has 4 nitrogen and oxygen atoms in total. The number of benzene rings is 1. The maximum absolute atomic E-state index is 12.2. The summed E-state index contributed by atoms with van der Waals surface area (Å²) in [5, 5.41) is 21.6. The molecule has 19 heavy (non-hydrogen) atoms. The first-order valence-electron chi connectivity index (χ1n) is 6.16. The number of rotatable bonds is 4. The second kappa shape index (κ2) is 6.26. The predicted octanol–water partition coefficient (Wildman–Crippen LogP) is 2.57. The van der Waals surface area contributed by atoms with Gasteiger partial charge in [0.1, 0.15) is 5.75 Å². The van der Waals surface area contributed by atoms with Crippen molar-refractivity contribution in [2.45, 2.75) is 33.2 Å². The number of aromatic hydroxyl groups is 1. The summed E-state index contributed by atoms with van der Waals surface area (Å²) < 4.78 is 0. The van der Waals surface area contributed by atoms with Crippen molar-refractivity contribution in [2.75, 3.05) is 6.61 Å². The molecular weight excluding hydrogens is 266 g/mol. The van der Waals surface area contributed by atoms with Gasteiger partial charge in [-0.25, -0.2) is 0 Å². The average Bonchev–Trinajstić information content (AvgIpc) is 2.30. The number of aliphatic hydroxyl groups is 1. The first-order valence-corrected chi connectivity index (χ1v) is 6.53. The normalized spacial score (nSPS) is 13.1. The topological polar surface area (TPSA) is 69.6 Å². The molecule has 0 aliphatic heterocycles. The third-order valence-electron chi connectivity index (χ3n) is 2.96. The lowest BCUT2D eigenvalue weighted by Gasteiger charge is -2.31.